The number of benzene rings is 2. The Morgan fingerprint density at radius 2 is 1.62 bits per heavy atom. The Morgan fingerprint density at radius 3 is 2.17 bits per heavy atom. The summed E-state index contributed by atoms with van der Waals surface area (Å²) in [6.07, 6.45) is 0. The lowest BCUT2D eigenvalue weighted by atomic mass is 10.1. The third kappa shape index (κ3) is 4.35. The third-order valence-corrected chi connectivity index (χ3v) is 4.82. The van der Waals surface area contributed by atoms with Gasteiger partial charge in [-0.05, 0) is 48.9 Å². The standard InChI is InChI=1S/C19H21F2NOS/c1-12(2)24-16-8-5-14(6-9-16)19(23)22(4)13(3)15-7-10-17(20)18(21)11-15/h5-13H,1-4H3. The number of hydrogen-bond donors (Lipinski definition) is 0. The minimum Gasteiger partial charge on any atom is -0.335 e. The molecule has 1 unspecified atom stereocenters. The molecule has 2 aromatic carbocycles. The number of thioether (sulfide) groups is 1. The first kappa shape index (κ1) is 18.5. The molecule has 24 heavy (non-hydrogen) atoms. The summed E-state index contributed by atoms with van der Waals surface area (Å²) in [5, 5.41) is 0.475. The van der Waals surface area contributed by atoms with Gasteiger partial charge in [-0.25, -0.2) is 8.78 Å². The zero-order valence-corrected chi connectivity index (χ0v) is 15.0. The van der Waals surface area contributed by atoms with E-state index in [-0.39, 0.29) is 11.9 Å². The lowest BCUT2D eigenvalue weighted by Crippen LogP contribution is -2.29. The van der Waals surface area contributed by atoms with Crippen LogP contribution in [-0.2, 0) is 0 Å². The van der Waals surface area contributed by atoms with E-state index in [1.165, 1.54) is 11.0 Å². The summed E-state index contributed by atoms with van der Waals surface area (Å²) in [4.78, 5) is 15.2. The molecule has 0 saturated heterocycles. The summed E-state index contributed by atoms with van der Waals surface area (Å²) in [7, 11) is 1.66. The minimum atomic E-state index is -0.907. The van der Waals surface area contributed by atoms with E-state index in [9.17, 15) is 13.6 Å². The van der Waals surface area contributed by atoms with E-state index in [4.69, 9.17) is 0 Å². The Kier molecular flexibility index (Phi) is 5.99. The molecule has 0 aliphatic heterocycles. The van der Waals surface area contributed by atoms with Crippen molar-refractivity contribution in [1.82, 2.24) is 4.90 Å². The van der Waals surface area contributed by atoms with E-state index in [1.807, 2.05) is 12.1 Å². The Hall–Kier alpha value is -1.88. The fourth-order valence-corrected chi connectivity index (χ4v) is 3.16. The van der Waals surface area contributed by atoms with Crippen molar-refractivity contribution in [3.63, 3.8) is 0 Å². The van der Waals surface area contributed by atoms with E-state index in [2.05, 4.69) is 13.8 Å². The molecule has 128 valence electrons. The largest absolute Gasteiger partial charge is 0.335 e. The van der Waals surface area contributed by atoms with Gasteiger partial charge in [0.1, 0.15) is 0 Å². The topological polar surface area (TPSA) is 20.3 Å². The van der Waals surface area contributed by atoms with Crippen molar-refractivity contribution in [2.24, 2.45) is 0 Å². The van der Waals surface area contributed by atoms with Gasteiger partial charge in [-0.15, -0.1) is 11.8 Å². The quantitative estimate of drug-likeness (QED) is 0.683. The van der Waals surface area contributed by atoms with E-state index >= 15 is 0 Å². The molecule has 2 nitrogen and oxygen atoms in total. The maximum absolute atomic E-state index is 13.4. The number of amides is 1. The van der Waals surface area contributed by atoms with Crippen LogP contribution in [0.3, 0.4) is 0 Å². The van der Waals surface area contributed by atoms with Crippen molar-refractivity contribution in [1.29, 1.82) is 0 Å². The minimum absolute atomic E-state index is 0.159. The molecule has 0 radical (unpaired) electrons. The molecule has 1 amide bonds. The van der Waals surface area contributed by atoms with Crippen LogP contribution in [0.5, 0.6) is 0 Å². The highest BCUT2D eigenvalue weighted by Gasteiger charge is 2.20. The van der Waals surface area contributed by atoms with E-state index in [0.717, 1.165) is 17.0 Å². The summed E-state index contributed by atoms with van der Waals surface area (Å²) in [6, 6.07) is 10.8. The van der Waals surface area contributed by atoms with Crippen LogP contribution in [0.2, 0.25) is 0 Å². The molecule has 2 aromatic rings. The van der Waals surface area contributed by atoms with Crippen LogP contribution >= 0.6 is 11.8 Å². The molecular weight excluding hydrogens is 328 g/mol. The molecule has 0 spiro atoms. The van der Waals surface area contributed by atoms with Gasteiger partial charge in [0.25, 0.3) is 5.91 Å². The molecule has 0 saturated carbocycles. The first-order chi connectivity index (χ1) is 11.3. The van der Waals surface area contributed by atoms with Crippen LogP contribution in [0.15, 0.2) is 47.4 Å². The molecule has 0 heterocycles. The summed E-state index contributed by atoms with van der Waals surface area (Å²) in [5.74, 6) is -1.96. The average molecular weight is 349 g/mol. The number of nitrogens with zero attached hydrogens (tertiary/aromatic N) is 1. The van der Waals surface area contributed by atoms with Crippen LogP contribution in [0.25, 0.3) is 0 Å². The predicted octanol–water partition coefficient (Wildman–Crippen LogP) is 5.30. The molecule has 0 aliphatic rings. The van der Waals surface area contributed by atoms with Gasteiger partial charge in [0.05, 0.1) is 6.04 Å². The molecule has 0 bridgehead atoms. The van der Waals surface area contributed by atoms with Gasteiger partial charge in [0.15, 0.2) is 11.6 Å². The zero-order valence-electron chi connectivity index (χ0n) is 14.2. The highest BCUT2D eigenvalue weighted by molar-refractivity contribution is 7.99. The van der Waals surface area contributed by atoms with Crippen molar-refractivity contribution in [2.45, 2.75) is 37.0 Å². The smallest absolute Gasteiger partial charge is 0.254 e. The highest BCUT2D eigenvalue weighted by atomic mass is 32.2. The van der Waals surface area contributed by atoms with Crippen LogP contribution in [0.4, 0.5) is 8.78 Å². The molecular formula is C19H21F2NOS. The number of carbonyl (C=O) groups is 1. The maximum Gasteiger partial charge on any atom is 0.254 e. The number of carbonyl (C=O) groups excluding carboxylic acids is 1. The molecule has 0 aliphatic carbocycles. The van der Waals surface area contributed by atoms with Crippen molar-refractivity contribution >= 4 is 17.7 Å². The fourth-order valence-electron chi connectivity index (χ4n) is 2.32. The van der Waals surface area contributed by atoms with Crippen LogP contribution in [-0.4, -0.2) is 23.1 Å². The SMILES string of the molecule is CC(C)Sc1ccc(C(=O)N(C)C(C)c2ccc(F)c(F)c2)cc1. The van der Waals surface area contributed by atoms with E-state index in [1.54, 1.807) is 37.9 Å². The predicted molar refractivity (Wildman–Crippen MR) is 94.3 cm³/mol. The van der Waals surface area contributed by atoms with Crippen molar-refractivity contribution < 1.29 is 13.6 Å². The van der Waals surface area contributed by atoms with Crippen LogP contribution in [0.1, 0.15) is 42.7 Å². The Morgan fingerprint density at radius 1 is 1.00 bits per heavy atom. The monoisotopic (exact) mass is 349 g/mol. The number of rotatable bonds is 5. The number of hydrogen-bond acceptors (Lipinski definition) is 2. The van der Waals surface area contributed by atoms with Gasteiger partial charge in [-0.2, -0.15) is 0 Å². The van der Waals surface area contributed by atoms with Crippen molar-refractivity contribution in [3.05, 3.63) is 65.2 Å². The van der Waals surface area contributed by atoms with Gasteiger partial charge in [0.2, 0.25) is 0 Å². The molecule has 2 rings (SSSR count). The lowest BCUT2D eigenvalue weighted by Gasteiger charge is -2.25. The Labute approximate surface area is 145 Å². The molecule has 0 aromatic heterocycles. The average Bonchev–Trinajstić information content (AvgIpc) is 2.55. The van der Waals surface area contributed by atoms with Crippen molar-refractivity contribution in [3.8, 4) is 0 Å². The maximum atomic E-state index is 13.4. The number of halogens is 2. The first-order valence-electron chi connectivity index (χ1n) is 7.78. The van der Waals surface area contributed by atoms with Gasteiger partial charge in [-0.1, -0.05) is 19.9 Å². The first-order valence-corrected chi connectivity index (χ1v) is 8.66. The fraction of sp³-hybridized carbons (Fsp3) is 0.316. The lowest BCUT2D eigenvalue weighted by molar-refractivity contribution is 0.0742. The molecule has 0 N–H and O–H groups in total. The van der Waals surface area contributed by atoms with Gasteiger partial charge in [-0.3, -0.25) is 4.79 Å². The van der Waals surface area contributed by atoms with Gasteiger partial charge < -0.3 is 4.90 Å². The summed E-state index contributed by atoms with van der Waals surface area (Å²) in [6.45, 7) is 6.01. The van der Waals surface area contributed by atoms with Gasteiger partial charge in [0, 0.05) is 22.8 Å². The summed E-state index contributed by atoms with van der Waals surface area (Å²) < 4.78 is 26.5. The Bertz CT molecular complexity index is 716. The highest BCUT2D eigenvalue weighted by Crippen LogP contribution is 2.25. The second-order valence-corrected chi connectivity index (χ2v) is 7.61. The summed E-state index contributed by atoms with van der Waals surface area (Å²) >= 11 is 1.73. The molecule has 5 heteroatoms. The van der Waals surface area contributed by atoms with E-state index < -0.39 is 11.6 Å². The van der Waals surface area contributed by atoms with Gasteiger partial charge >= 0.3 is 0 Å². The Balaban J connectivity index is 2.14. The molecule has 0 fully saturated rings. The van der Waals surface area contributed by atoms with Crippen LogP contribution < -0.4 is 0 Å². The normalized spacial score (nSPS) is 12.3. The van der Waals surface area contributed by atoms with Crippen molar-refractivity contribution in [2.75, 3.05) is 7.05 Å². The van der Waals surface area contributed by atoms with E-state index in [0.29, 0.717) is 16.4 Å². The second kappa shape index (κ2) is 7.79. The molecule has 1 atom stereocenters. The van der Waals surface area contributed by atoms with Crippen LogP contribution in [0, 0.1) is 11.6 Å². The summed E-state index contributed by atoms with van der Waals surface area (Å²) in [5.41, 5.74) is 1.12. The third-order valence-electron chi connectivity index (χ3n) is 3.80. The second-order valence-electron chi connectivity index (χ2n) is 5.96. The zero-order chi connectivity index (χ0) is 17.9.